The number of carbonyl (C=O) groups is 1. The zero-order valence-corrected chi connectivity index (χ0v) is 19.8. The summed E-state index contributed by atoms with van der Waals surface area (Å²) in [7, 11) is -3.92. The zero-order valence-electron chi connectivity index (χ0n) is 18.3. The van der Waals surface area contributed by atoms with Crippen LogP contribution in [-0.4, -0.2) is 14.4 Å². The third-order valence-corrected chi connectivity index (χ3v) is 6.84. The second-order valence-electron chi connectivity index (χ2n) is 8.48. The minimum absolute atomic E-state index is 0.0277. The van der Waals surface area contributed by atoms with E-state index in [9.17, 15) is 13.2 Å². The molecule has 0 aliphatic heterocycles. The molecule has 3 aromatic rings. The van der Waals surface area contributed by atoms with Crippen LogP contribution in [0.3, 0.4) is 0 Å². The molecule has 0 unspecified atom stereocenters. The summed E-state index contributed by atoms with van der Waals surface area (Å²) in [4.78, 5) is 12.4. The molecular formula is C25H26ClNO4S. The van der Waals surface area contributed by atoms with Crippen LogP contribution in [0.4, 0.5) is 0 Å². The van der Waals surface area contributed by atoms with Crippen LogP contribution in [0, 0.1) is 0 Å². The fourth-order valence-electron chi connectivity index (χ4n) is 3.02. The van der Waals surface area contributed by atoms with Gasteiger partial charge in [0.05, 0.1) is 10.6 Å². The van der Waals surface area contributed by atoms with E-state index in [1.165, 1.54) is 23.8 Å². The van der Waals surface area contributed by atoms with Crippen molar-refractivity contribution < 1.29 is 17.9 Å². The Labute approximate surface area is 194 Å². The Bertz CT molecular complexity index is 1180. The number of carbonyl (C=O) groups excluding carboxylic acids is 1. The molecule has 3 rings (SSSR count). The molecular weight excluding hydrogens is 446 g/mol. The van der Waals surface area contributed by atoms with Crippen molar-refractivity contribution in [3.63, 3.8) is 0 Å². The van der Waals surface area contributed by atoms with Crippen LogP contribution in [0.1, 0.15) is 47.8 Å². The van der Waals surface area contributed by atoms with Crippen molar-refractivity contribution >= 4 is 27.6 Å². The largest absolute Gasteiger partial charge is 0.457 e. The zero-order chi connectivity index (χ0) is 23.4. The highest BCUT2D eigenvalue weighted by Crippen LogP contribution is 2.24. The Morgan fingerprint density at radius 2 is 1.59 bits per heavy atom. The molecule has 0 atom stereocenters. The number of hydrogen-bond acceptors (Lipinski definition) is 4. The van der Waals surface area contributed by atoms with Crippen LogP contribution in [0.25, 0.3) is 0 Å². The Morgan fingerprint density at radius 1 is 0.938 bits per heavy atom. The summed E-state index contributed by atoms with van der Waals surface area (Å²) in [5, 5.41) is 0.0277. The van der Waals surface area contributed by atoms with Gasteiger partial charge in [-0.05, 0) is 40.3 Å². The van der Waals surface area contributed by atoms with E-state index in [-0.39, 0.29) is 34.0 Å². The monoisotopic (exact) mass is 471 g/mol. The highest BCUT2D eigenvalue weighted by atomic mass is 35.5. The molecule has 0 spiro atoms. The Hall–Kier alpha value is -2.67. The summed E-state index contributed by atoms with van der Waals surface area (Å²) >= 11 is 6.12. The first-order valence-electron chi connectivity index (χ1n) is 10.2. The van der Waals surface area contributed by atoms with Gasteiger partial charge in [-0.3, -0.25) is 0 Å². The molecule has 7 heteroatoms. The summed E-state index contributed by atoms with van der Waals surface area (Å²) in [5.41, 5.74) is 2.98. The van der Waals surface area contributed by atoms with Gasteiger partial charge in [-0.2, -0.15) is 0 Å². The van der Waals surface area contributed by atoms with Crippen molar-refractivity contribution in [2.75, 3.05) is 0 Å². The van der Waals surface area contributed by atoms with E-state index in [1.54, 1.807) is 0 Å². The molecule has 0 bridgehead atoms. The van der Waals surface area contributed by atoms with Crippen molar-refractivity contribution in [2.45, 2.75) is 44.2 Å². The van der Waals surface area contributed by atoms with Crippen molar-refractivity contribution in [1.82, 2.24) is 4.72 Å². The summed E-state index contributed by atoms with van der Waals surface area (Å²) in [6.45, 7) is 6.58. The first-order chi connectivity index (χ1) is 15.1. The van der Waals surface area contributed by atoms with Gasteiger partial charge in [0.2, 0.25) is 10.0 Å². The maximum absolute atomic E-state index is 12.7. The lowest BCUT2D eigenvalue weighted by molar-refractivity contribution is 0.0472. The number of nitrogens with one attached hydrogen (secondary N) is 1. The maximum Gasteiger partial charge on any atom is 0.338 e. The second-order valence-corrected chi connectivity index (χ2v) is 10.6. The Morgan fingerprint density at radius 3 is 2.22 bits per heavy atom. The van der Waals surface area contributed by atoms with Crippen LogP contribution in [0.2, 0.25) is 5.02 Å². The maximum atomic E-state index is 12.7. The van der Waals surface area contributed by atoms with Gasteiger partial charge in [-0.1, -0.05) is 87.0 Å². The van der Waals surface area contributed by atoms with Crippen molar-refractivity contribution in [3.8, 4) is 0 Å². The van der Waals surface area contributed by atoms with E-state index >= 15 is 0 Å². The van der Waals surface area contributed by atoms with Gasteiger partial charge in [0.15, 0.2) is 0 Å². The first-order valence-corrected chi connectivity index (χ1v) is 12.0. The standard InChI is InChI=1S/C25H26ClNO4S/c1-25(2,3)21-12-9-19(10-13-21)17-31-24(28)20-11-14-22(26)23(15-20)32(29,30)27-16-18-7-5-4-6-8-18/h4-15,27H,16-17H2,1-3H3. The summed E-state index contributed by atoms with van der Waals surface area (Å²) in [6.07, 6.45) is 0. The molecule has 32 heavy (non-hydrogen) atoms. The molecule has 5 nitrogen and oxygen atoms in total. The number of hydrogen-bond donors (Lipinski definition) is 1. The third kappa shape index (κ3) is 6.19. The molecule has 0 heterocycles. The van der Waals surface area contributed by atoms with Gasteiger partial charge >= 0.3 is 5.97 Å². The van der Waals surface area contributed by atoms with Crippen LogP contribution in [0.5, 0.6) is 0 Å². The molecule has 0 saturated heterocycles. The van der Waals surface area contributed by atoms with Crippen LogP contribution < -0.4 is 4.72 Å². The second kappa shape index (κ2) is 9.86. The highest BCUT2D eigenvalue weighted by molar-refractivity contribution is 7.89. The number of esters is 1. The van der Waals surface area contributed by atoms with Gasteiger partial charge in [0.1, 0.15) is 11.5 Å². The smallest absolute Gasteiger partial charge is 0.338 e. The molecule has 3 aromatic carbocycles. The minimum atomic E-state index is -3.92. The Kier molecular flexibility index (Phi) is 7.39. The van der Waals surface area contributed by atoms with Gasteiger partial charge in [-0.25, -0.2) is 17.9 Å². The summed E-state index contributed by atoms with van der Waals surface area (Å²) in [6, 6.07) is 21.0. The predicted octanol–water partition coefficient (Wildman–Crippen LogP) is 5.47. The first kappa shape index (κ1) is 24.0. The summed E-state index contributed by atoms with van der Waals surface area (Å²) in [5.74, 6) is -0.624. The number of ether oxygens (including phenoxy) is 1. The van der Waals surface area contributed by atoms with E-state index in [1.807, 2.05) is 54.6 Å². The van der Waals surface area contributed by atoms with E-state index < -0.39 is 16.0 Å². The predicted molar refractivity (Wildman–Crippen MR) is 126 cm³/mol. The average molecular weight is 472 g/mol. The van der Waals surface area contributed by atoms with E-state index in [0.717, 1.165) is 11.1 Å². The summed E-state index contributed by atoms with van der Waals surface area (Å²) < 4.78 is 33.4. The van der Waals surface area contributed by atoms with Crippen LogP contribution in [0.15, 0.2) is 77.7 Å². The van der Waals surface area contributed by atoms with E-state index in [2.05, 4.69) is 25.5 Å². The van der Waals surface area contributed by atoms with Crippen LogP contribution in [-0.2, 0) is 33.3 Å². The van der Waals surface area contributed by atoms with E-state index in [4.69, 9.17) is 16.3 Å². The molecule has 0 aromatic heterocycles. The Balaban J connectivity index is 1.69. The quantitative estimate of drug-likeness (QED) is 0.463. The van der Waals surface area contributed by atoms with Gasteiger partial charge < -0.3 is 4.74 Å². The minimum Gasteiger partial charge on any atom is -0.457 e. The lowest BCUT2D eigenvalue weighted by Crippen LogP contribution is -2.24. The average Bonchev–Trinajstić information content (AvgIpc) is 2.77. The van der Waals surface area contributed by atoms with Crippen molar-refractivity contribution in [2.24, 2.45) is 0 Å². The van der Waals surface area contributed by atoms with Crippen molar-refractivity contribution in [1.29, 1.82) is 0 Å². The molecule has 0 radical (unpaired) electrons. The molecule has 1 N–H and O–H groups in total. The third-order valence-electron chi connectivity index (χ3n) is 4.96. The number of sulfonamides is 1. The lowest BCUT2D eigenvalue weighted by atomic mass is 9.87. The SMILES string of the molecule is CC(C)(C)c1ccc(COC(=O)c2ccc(Cl)c(S(=O)(=O)NCc3ccccc3)c2)cc1. The van der Waals surface area contributed by atoms with E-state index in [0.29, 0.717) is 0 Å². The molecule has 0 amide bonds. The normalized spacial score (nSPS) is 11.9. The fourth-order valence-corrected chi connectivity index (χ4v) is 4.56. The highest BCUT2D eigenvalue weighted by Gasteiger charge is 2.21. The molecule has 0 aliphatic rings. The van der Waals surface area contributed by atoms with Crippen LogP contribution >= 0.6 is 11.6 Å². The number of halogens is 1. The fraction of sp³-hybridized carbons (Fsp3) is 0.240. The number of benzene rings is 3. The molecule has 0 fully saturated rings. The number of rotatable bonds is 7. The topological polar surface area (TPSA) is 72.5 Å². The van der Waals surface area contributed by atoms with Crippen molar-refractivity contribution in [3.05, 3.63) is 100 Å². The van der Waals surface area contributed by atoms with Gasteiger partial charge in [-0.15, -0.1) is 0 Å². The van der Waals surface area contributed by atoms with Gasteiger partial charge in [0.25, 0.3) is 0 Å². The molecule has 168 valence electrons. The molecule has 0 aliphatic carbocycles. The van der Waals surface area contributed by atoms with Gasteiger partial charge in [0, 0.05) is 6.54 Å². The lowest BCUT2D eigenvalue weighted by Gasteiger charge is -2.19. The molecule has 0 saturated carbocycles.